The minimum absolute atomic E-state index is 0.153. The minimum Gasteiger partial charge on any atom is -0.340 e. The van der Waals surface area contributed by atoms with Gasteiger partial charge in [-0.1, -0.05) is 12.1 Å². The molecule has 0 saturated carbocycles. The predicted molar refractivity (Wildman–Crippen MR) is 106 cm³/mol. The molecule has 1 fully saturated rings. The fraction of sp³-hybridized carbons (Fsp3) is 0.286. The van der Waals surface area contributed by atoms with Crippen LogP contribution in [0.2, 0.25) is 0 Å². The van der Waals surface area contributed by atoms with Gasteiger partial charge in [0.15, 0.2) is 0 Å². The summed E-state index contributed by atoms with van der Waals surface area (Å²) in [5.41, 5.74) is 2.57. The Kier molecular flexibility index (Phi) is 6.33. The van der Waals surface area contributed by atoms with Crippen molar-refractivity contribution in [2.75, 3.05) is 38.5 Å². The summed E-state index contributed by atoms with van der Waals surface area (Å²) >= 11 is 0. The number of hydrogen-bond donors (Lipinski definition) is 1. The van der Waals surface area contributed by atoms with Crippen LogP contribution in [0.4, 0.5) is 5.69 Å². The number of hydrogen-bond acceptors (Lipinski definition) is 4. The molecule has 2 amide bonds. The van der Waals surface area contributed by atoms with E-state index in [1.54, 1.807) is 18.5 Å². The Morgan fingerprint density at radius 2 is 1.70 bits per heavy atom. The Hall–Kier alpha value is -2.99. The van der Waals surface area contributed by atoms with E-state index in [2.05, 4.69) is 22.2 Å². The van der Waals surface area contributed by atoms with Gasteiger partial charge in [-0.2, -0.15) is 0 Å². The lowest BCUT2D eigenvalue weighted by Crippen LogP contribution is -2.47. The Balaban J connectivity index is 1.50. The largest absolute Gasteiger partial charge is 0.340 e. The molecule has 1 aromatic carbocycles. The molecular weight excluding hydrogens is 340 g/mol. The van der Waals surface area contributed by atoms with Crippen LogP contribution in [0.3, 0.4) is 0 Å². The Labute approximate surface area is 159 Å². The second-order valence-corrected chi connectivity index (χ2v) is 6.66. The molecule has 2 aromatic rings. The topological polar surface area (TPSA) is 65.5 Å². The monoisotopic (exact) mass is 364 g/mol. The lowest BCUT2D eigenvalue weighted by molar-refractivity contribution is -0.132. The van der Waals surface area contributed by atoms with Gasteiger partial charge in [0.2, 0.25) is 11.8 Å². The number of nitrogens with one attached hydrogen (secondary N) is 1. The van der Waals surface area contributed by atoms with E-state index >= 15 is 0 Å². The summed E-state index contributed by atoms with van der Waals surface area (Å²) in [7, 11) is 2.07. The normalized spacial score (nSPS) is 15.1. The van der Waals surface area contributed by atoms with Gasteiger partial charge in [0, 0.05) is 50.3 Å². The van der Waals surface area contributed by atoms with Crippen LogP contribution in [-0.4, -0.2) is 59.8 Å². The van der Waals surface area contributed by atoms with Gasteiger partial charge < -0.3 is 15.1 Å². The first-order valence-corrected chi connectivity index (χ1v) is 9.04. The molecule has 1 saturated heterocycles. The molecular formula is C21H24N4O2. The van der Waals surface area contributed by atoms with Crippen molar-refractivity contribution in [3.63, 3.8) is 0 Å². The van der Waals surface area contributed by atoms with E-state index in [-0.39, 0.29) is 11.8 Å². The maximum Gasteiger partial charge on any atom is 0.248 e. The summed E-state index contributed by atoms with van der Waals surface area (Å²) in [5, 5.41) is 2.82. The predicted octanol–water partition coefficient (Wildman–Crippen LogP) is 2.05. The number of likely N-dealkylation sites (N-methyl/N-ethyl adjacent to an activating group) is 1. The molecule has 27 heavy (non-hydrogen) atoms. The Morgan fingerprint density at radius 1 is 1.04 bits per heavy atom. The summed E-state index contributed by atoms with van der Waals surface area (Å²) in [5.74, 6) is -0.0479. The molecule has 2 heterocycles. The third-order valence-corrected chi connectivity index (χ3v) is 4.57. The molecule has 1 aliphatic rings. The quantitative estimate of drug-likeness (QED) is 0.825. The minimum atomic E-state index is -0.201. The highest BCUT2D eigenvalue weighted by Crippen LogP contribution is 2.12. The Bertz CT molecular complexity index is 795. The van der Waals surface area contributed by atoms with Crippen LogP contribution in [0.1, 0.15) is 11.1 Å². The molecule has 0 bridgehead atoms. The zero-order chi connectivity index (χ0) is 19.1. The van der Waals surface area contributed by atoms with Gasteiger partial charge in [-0.3, -0.25) is 14.6 Å². The molecule has 0 unspecified atom stereocenters. The van der Waals surface area contributed by atoms with Crippen LogP contribution >= 0.6 is 0 Å². The number of carbonyl (C=O) groups excluding carboxylic acids is 2. The number of anilines is 1. The highest BCUT2D eigenvalue weighted by molar-refractivity contribution is 6.01. The van der Waals surface area contributed by atoms with E-state index < -0.39 is 0 Å². The smallest absolute Gasteiger partial charge is 0.248 e. The standard InChI is InChI=1S/C21H24N4O2/c1-24-12-14-25(15-13-24)21(27)16-18-2-5-19(6-3-18)23-20(26)7-4-17-8-10-22-11-9-17/h2-11H,12-16H2,1H3,(H,23,26)/b7-4+. The van der Waals surface area contributed by atoms with Crippen LogP contribution in [0.25, 0.3) is 6.08 Å². The van der Waals surface area contributed by atoms with Crippen LogP contribution in [0, 0.1) is 0 Å². The van der Waals surface area contributed by atoms with Gasteiger partial charge >= 0.3 is 0 Å². The third kappa shape index (κ3) is 5.76. The number of rotatable bonds is 5. The molecule has 0 aliphatic carbocycles. The molecule has 3 rings (SSSR count). The van der Waals surface area contributed by atoms with Crippen molar-refractivity contribution in [2.24, 2.45) is 0 Å². The van der Waals surface area contributed by atoms with Crippen LogP contribution in [-0.2, 0) is 16.0 Å². The highest BCUT2D eigenvalue weighted by atomic mass is 16.2. The fourth-order valence-corrected chi connectivity index (χ4v) is 2.88. The maximum absolute atomic E-state index is 12.4. The van der Waals surface area contributed by atoms with Crippen LogP contribution < -0.4 is 5.32 Å². The first kappa shape index (κ1) is 18.8. The number of pyridine rings is 1. The number of aromatic nitrogens is 1. The molecule has 6 nitrogen and oxygen atoms in total. The average Bonchev–Trinajstić information content (AvgIpc) is 2.69. The van der Waals surface area contributed by atoms with Crippen molar-refractivity contribution in [3.05, 3.63) is 66.0 Å². The number of amides is 2. The number of piperazine rings is 1. The molecule has 1 aromatic heterocycles. The van der Waals surface area contributed by atoms with E-state index in [0.717, 1.165) is 37.3 Å². The van der Waals surface area contributed by atoms with Crippen molar-refractivity contribution < 1.29 is 9.59 Å². The zero-order valence-electron chi connectivity index (χ0n) is 15.5. The highest BCUT2D eigenvalue weighted by Gasteiger charge is 2.18. The average molecular weight is 364 g/mol. The van der Waals surface area contributed by atoms with E-state index in [1.807, 2.05) is 41.3 Å². The molecule has 140 valence electrons. The molecule has 1 N–H and O–H groups in total. The summed E-state index contributed by atoms with van der Waals surface area (Å²) in [6.45, 7) is 3.41. The van der Waals surface area contributed by atoms with Crippen molar-refractivity contribution >= 4 is 23.6 Å². The third-order valence-electron chi connectivity index (χ3n) is 4.57. The van der Waals surface area contributed by atoms with E-state index in [1.165, 1.54) is 6.08 Å². The summed E-state index contributed by atoms with van der Waals surface area (Å²) < 4.78 is 0. The van der Waals surface area contributed by atoms with Crippen LogP contribution in [0.15, 0.2) is 54.9 Å². The first-order valence-electron chi connectivity index (χ1n) is 9.04. The molecule has 0 radical (unpaired) electrons. The number of carbonyl (C=O) groups is 2. The van der Waals surface area contributed by atoms with Gasteiger partial charge in [-0.25, -0.2) is 0 Å². The van der Waals surface area contributed by atoms with Gasteiger partial charge in [-0.05, 0) is 48.5 Å². The van der Waals surface area contributed by atoms with E-state index in [9.17, 15) is 9.59 Å². The molecule has 0 spiro atoms. The number of benzene rings is 1. The number of nitrogens with zero attached hydrogens (tertiary/aromatic N) is 3. The zero-order valence-corrected chi connectivity index (χ0v) is 15.5. The van der Waals surface area contributed by atoms with Gasteiger partial charge in [0.05, 0.1) is 6.42 Å². The second kappa shape index (κ2) is 9.09. The lowest BCUT2D eigenvalue weighted by Gasteiger charge is -2.32. The summed E-state index contributed by atoms with van der Waals surface area (Å²) in [6.07, 6.45) is 6.97. The van der Waals surface area contributed by atoms with E-state index in [0.29, 0.717) is 12.1 Å². The van der Waals surface area contributed by atoms with Gasteiger partial charge in [-0.15, -0.1) is 0 Å². The first-order chi connectivity index (χ1) is 13.1. The molecule has 6 heteroatoms. The second-order valence-electron chi connectivity index (χ2n) is 6.66. The maximum atomic E-state index is 12.4. The molecule has 1 aliphatic heterocycles. The lowest BCUT2D eigenvalue weighted by atomic mass is 10.1. The van der Waals surface area contributed by atoms with Crippen molar-refractivity contribution in [3.8, 4) is 0 Å². The van der Waals surface area contributed by atoms with Crippen LogP contribution in [0.5, 0.6) is 0 Å². The van der Waals surface area contributed by atoms with Crippen molar-refractivity contribution in [1.29, 1.82) is 0 Å². The fourth-order valence-electron chi connectivity index (χ4n) is 2.88. The van der Waals surface area contributed by atoms with Gasteiger partial charge in [0.1, 0.15) is 0 Å². The Morgan fingerprint density at radius 3 is 2.37 bits per heavy atom. The summed E-state index contributed by atoms with van der Waals surface area (Å²) in [6, 6.07) is 11.1. The van der Waals surface area contributed by atoms with Crippen molar-refractivity contribution in [2.45, 2.75) is 6.42 Å². The van der Waals surface area contributed by atoms with Crippen molar-refractivity contribution in [1.82, 2.24) is 14.8 Å². The van der Waals surface area contributed by atoms with Gasteiger partial charge in [0.25, 0.3) is 0 Å². The SMILES string of the molecule is CN1CCN(C(=O)Cc2ccc(NC(=O)/C=C/c3ccncc3)cc2)CC1. The van der Waals surface area contributed by atoms with E-state index in [4.69, 9.17) is 0 Å². The molecule has 0 atom stereocenters. The summed E-state index contributed by atoms with van der Waals surface area (Å²) in [4.78, 5) is 32.5.